The summed E-state index contributed by atoms with van der Waals surface area (Å²) >= 11 is 4.18. The van der Waals surface area contributed by atoms with E-state index in [2.05, 4.69) is 17.9 Å². The van der Waals surface area contributed by atoms with Crippen LogP contribution >= 0.6 is 12.6 Å². The third-order valence-electron chi connectivity index (χ3n) is 2.38. The molecule has 1 aromatic rings. The lowest BCUT2D eigenvalue weighted by Crippen LogP contribution is -2.39. The molecule has 1 aromatic carbocycles. The number of amides is 2. The van der Waals surface area contributed by atoms with Crippen molar-refractivity contribution in [2.24, 2.45) is 0 Å². The highest BCUT2D eigenvalue weighted by molar-refractivity contribution is 7.80. The highest BCUT2D eigenvalue weighted by atomic mass is 32.1. The molecule has 0 atom stereocenters. The van der Waals surface area contributed by atoms with Gasteiger partial charge in [-0.05, 0) is 25.1 Å². The summed E-state index contributed by atoms with van der Waals surface area (Å²) in [4.78, 5) is 25.6. The maximum atomic E-state index is 12.1. The Morgan fingerprint density at radius 2 is 2.12 bits per heavy atom. The molecule has 0 aromatic heterocycles. The molecule has 0 saturated heterocycles. The molecule has 0 heterocycles. The normalized spacial score (nSPS) is 9.82. The van der Waals surface area contributed by atoms with E-state index in [1.54, 1.807) is 31.3 Å². The molecule has 2 amide bonds. The van der Waals surface area contributed by atoms with Crippen molar-refractivity contribution in [1.29, 1.82) is 0 Å². The van der Waals surface area contributed by atoms with Crippen molar-refractivity contribution < 1.29 is 9.59 Å². The molecule has 0 aliphatic carbocycles. The number of benzene rings is 1. The Kier molecular flexibility index (Phi) is 5.03. The smallest absolute Gasteiger partial charge is 0.254 e. The Morgan fingerprint density at radius 1 is 1.41 bits per heavy atom. The number of thiol groups is 1. The molecule has 5 heteroatoms. The molecule has 0 bridgehead atoms. The average Bonchev–Trinajstić information content (AvgIpc) is 2.34. The van der Waals surface area contributed by atoms with Crippen molar-refractivity contribution in [3.8, 4) is 0 Å². The van der Waals surface area contributed by atoms with Gasteiger partial charge in [0.25, 0.3) is 5.91 Å². The fraction of sp³-hybridized carbons (Fsp3) is 0.333. The van der Waals surface area contributed by atoms with Crippen LogP contribution in [0.1, 0.15) is 17.3 Å². The zero-order valence-electron chi connectivity index (χ0n) is 9.93. The van der Waals surface area contributed by atoms with Crippen molar-refractivity contribution in [1.82, 2.24) is 10.2 Å². The van der Waals surface area contributed by atoms with Crippen LogP contribution in [-0.2, 0) is 4.79 Å². The zero-order valence-corrected chi connectivity index (χ0v) is 10.8. The van der Waals surface area contributed by atoms with Crippen molar-refractivity contribution in [2.75, 3.05) is 20.1 Å². The van der Waals surface area contributed by atoms with Crippen molar-refractivity contribution >= 4 is 24.4 Å². The molecule has 1 N–H and O–H groups in total. The summed E-state index contributed by atoms with van der Waals surface area (Å²) < 4.78 is 0. The molecule has 0 aliphatic heterocycles. The first-order valence-electron chi connectivity index (χ1n) is 5.37. The van der Waals surface area contributed by atoms with Crippen LogP contribution in [0.5, 0.6) is 0 Å². The van der Waals surface area contributed by atoms with Crippen molar-refractivity contribution in [2.45, 2.75) is 11.8 Å². The highest BCUT2D eigenvalue weighted by Crippen LogP contribution is 2.11. The molecule has 0 spiro atoms. The lowest BCUT2D eigenvalue weighted by Gasteiger charge is -2.19. The second kappa shape index (κ2) is 6.30. The predicted molar refractivity (Wildman–Crippen MR) is 69.3 cm³/mol. The molecule has 17 heavy (non-hydrogen) atoms. The van der Waals surface area contributed by atoms with E-state index in [9.17, 15) is 9.59 Å². The fourth-order valence-corrected chi connectivity index (χ4v) is 1.63. The number of nitrogens with one attached hydrogen (secondary N) is 1. The second-order valence-corrected chi connectivity index (χ2v) is 4.06. The van der Waals surface area contributed by atoms with Crippen LogP contribution in [0.25, 0.3) is 0 Å². The zero-order chi connectivity index (χ0) is 12.8. The third kappa shape index (κ3) is 3.78. The first kappa shape index (κ1) is 13.6. The number of carbonyl (C=O) groups is 2. The monoisotopic (exact) mass is 252 g/mol. The number of likely N-dealkylation sites (N-methyl/N-ethyl adjacent to an activating group) is 2. The summed E-state index contributed by atoms with van der Waals surface area (Å²) in [6, 6.07) is 6.98. The van der Waals surface area contributed by atoms with E-state index in [1.807, 2.05) is 6.92 Å². The summed E-state index contributed by atoms with van der Waals surface area (Å²) in [6.45, 7) is 2.40. The first-order valence-corrected chi connectivity index (χ1v) is 5.82. The summed E-state index contributed by atoms with van der Waals surface area (Å²) in [5.41, 5.74) is 0.545. The Labute approximate surface area is 106 Å². The fourth-order valence-electron chi connectivity index (χ4n) is 1.40. The topological polar surface area (TPSA) is 49.4 Å². The highest BCUT2D eigenvalue weighted by Gasteiger charge is 2.16. The average molecular weight is 252 g/mol. The van der Waals surface area contributed by atoms with Crippen LogP contribution in [0.4, 0.5) is 0 Å². The van der Waals surface area contributed by atoms with Crippen LogP contribution in [0, 0.1) is 0 Å². The first-order chi connectivity index (χ1) is 8.08. The van der Waals surface area contributed by atoms with Gasteiger partial charge in [-0.15, -0.1) is 12.6 Å². The summed E-state index contributed by atoms with van der Waals surface area (Å²) in [5, 5.41) is 2.50. The van der Waals surface area contributed by atoms with Gasteiger partial charge in [0.05, 0.1) is 6.54 Å². The predicted octanol–water partition coefficient (Wildman–Crippen LogP) is 1.18. The molecule has 0 fully saturated rings. The van der Waals surface area contributed by atoms with Gasteiger partial charge in [-0.3, -0.25) is 9.59 Å². The van der Waals surface area contributed by atoms with Gasteiger partial charge in [0.1, 0.15) is 0 Å². The minimum Gasteiger partial charge on any atom is -0.358 e. The van der Waals surface area contributed by atoms with E-state index in [4.69, 9.17) is 0 Å². The molecule has 0 aliphatic rings. The quantitative estimate of drug-likeness (QED) is 0.791. The lowest BCUT2D eigenvalue weighted by molar-refractivity contribution is -0.121. The van der Waals surface area contributed by atoms with E-state index in [1.165, 1.54) is 4.90 Å². The van der Waals surface area contributed by atoms with Gasteiger partial charge in [0.2, 0.25) is 5.91 Å². The minimum atomic E-state index is -0.178. The van der Waals surface area contributed by atoms with Gasteiger partial charge in [-0.1, -0.05) is 6.07 Å². The van der Waals surface area contributed by atoms with Crippen LogP contribution in [-0.4, -0.2) is 36.9 Å². The van der Waals surface area contributed by atoms with Crippen LogP contribution in [0.15, 0.2) is 29.2 Å². The van der Waals surface area contributed by atoms with E-state index < -0.39 is 0 Å². The summed E-state index contributed by atoms with van der Waals surface area (Å²) in [5.74, 6) is -0.339. The van der Waals surface area contributed by atoms with Crippen molar-refractivity contribution in [3.63, 3.8) is 0 Å². The van der Waals surface area contributed by atoms with Crippen LogP contribution < -0.4 is 5.32 Å². The number of rotatable bonds is 4. The summed E-state index contributed by atoms with van der Waals surface area (Å²) in [6.07, 6.45) is 0. The van der Waals surface area contributed by atoms with Gasteiger partial charge in [0, 0.05) is 24.1 Å². The molecular formula is C12H16N2O2S. The summed E-state index contributed by atoms with van der Waals surface area (Å²) in [7, 11) is 1.55. The maximum absolute atomic E-state index is 12.1. The molecule has 0 unspecified atom stereocenters. The molecule has 0 radical (unpaired) electrons. The van der Waals surface area contributed by atoms with Crippen LogP contribution in [0.3, 0.4) is 0 Å². The van der Waals surface area contributed by atoms with Gasteiger partial charge < -0.3 is 10.2 Å². The maximum Gasteiger partial charge on any atom is 0.254 e. The van der Waals surface area contributed by atoms with Gasteiger partial charge >= 0.3 is 0 Å². The number of hydrogen-bond donors (Lipinski definition) is 2. The molecular weight excluding hydrogens is 236 g/mol. The molecule has 1 rings (SSSR count). The number of carbonyl (C=O) groups excluding carboxylic acids is 2. The minimum absolute atomic E-state index is 0.0721. The number of nitrogens with zero attached hydrogens (tertiary/aromatic N) is 1. The molecule has 4 nitrogen and oxygen atoms in total. The van der Waals surface area contributed by atoms with E-state index in [0.717, 1.165) is 4.90 Å². The van der Waals surface area contributed by atoms with E-state index in [-0.39, 0.29) is 18.4 Å². The Hall–Kier alpha value is -1.49. The van der Waals surface area contributed by atoms with Crippen LogP contribution in [0.2, 0.25) is 0 Å². The SMILES string of the molecule is CCN(CC(=O)NC)C(=O)c1cccc(S)c1. The molecule has 0 saturated carbocycles. The lowest BCUT2D eigenvalue weighted by atomic mass is 10.2. The largest absolute Gasteiger partial charge is 0.358 e. The van der Waals surface area contributed by atoms with E-state index in [0.29, 0.717) is 12.1 Å². The van der Waals surface area contributed by atoms with Gasteiger partial charge in [-0.2, -0.15) is 0 Å². The van der Waals surface area contributed by atoms with E-state index >= 15 is 0 Å². The number of hydrogen-bond acceptors (Lipinski definition) is 3. The Morgan fingerprint density at radius 3 is 2.65 bits per heavy atom. The standard InChI is InChI=1S/C12H16N2O2S/c1-3-14(8-11(15)13-2)12(16)9-5-4-6-10(17)7-9/h4-7,17H,3,8H2,1-2H3,(H,13,15). The van der Waals surface area contributed by atoms with Gasteiger partial charge in [-0.25, -0.2) is 0 Å². The second-order valence-electron chi connectivity index (χ2n) is 3.54. The third-order valence-corrected chi connectivity index (χ3v) is 2.65. The van der Waals surface area contributed by atoms with Crippen molar-refractivity contribution in [3.05, 3.63) is 29.8 Å². The van der Waals surface area contributed by atoms with Gasteiger partial charge in [0.15, 0.2) is 0 Å². The Bertz CT molecular complexity index is 421. The molecule has 92 valence electrons. The Balaban J connectivity index is 2.82.